The van der Waals surface area contributed by atoms with Gasteiger partial charge in [0, 0.05) is 37.1 Å². The molecule has 170 valence electrons. The summed E-state index contributed by atoms with van der Waals surface area (Å²) >= 11 is 6.55. The van der Waals surface area contributed by atoms with Crippen molar-refractivity contribution in [3.05, 3.63) is 76.4 Å². The molecule has 0 saturated carbocycles. The monoisotopic (exact) mass is 460 g/mol. The van der Waals surface area contributed by atoms with Crippen LogP contribution in [0.1, 0.15) is 29.5 Å². The zero-order valence-electron chi connectivity index (χ0n) is 18.9. The summed E-state index contributed by atoms with van der Waals surface area (Å²) in [6.07, 6.45) is 4.59. The second-order valence-corrected chi connectivity index (χ2v) is 9.49. The Kier molecular flexibility index (Phi) is 6.34. The van der Waals surface area contributed by atoms with Crippen molar-refractivity contribution in [3.63, 3.8) is 0 Å². The maximum Gasteiger partial charge on any atom is 0.229 e. The number of nitrogens with one attached hydrogen (secondary N) is 2. The third-order valence-corrected chi connectivity index (χ3v) is 6.96. The van der Waals surface area contributed by atoms with Gasteiger partial charge in [0.1, 0.15) is 5.82 Å². The molecular weight excluding hydrogens is 432 g/mol. The normalized spacial score (nSPS) is 17.6. The van der Waals surface area contributed by atoms with Crippen molar-refractivity contribution in [1.82, 2.24) is 10.3 Å². The van der Waals surface area contributed by atoms with E-state index in [1.54, 1.807) is 6.20 Å². The molecule has 0 bridgehead atoms. The first kappa shape index (κ1) is 21.9. The van der Waals surface area contributed by atoms with Crippen LogP contribution in [0.2, 0.25) is 5.02 Å². The second kappa shape index (κ2) is 9.54. The highest BCUT2D eigenvalue weighted by molar-refractivity contribution is 6.33. The number of nitrogens with zero attached hydrogens (tertiary/aromatic N) is 2. The number of aryl methyl sites for hydroxylation is 1. The predicted octanol–water partition coefficient (Wildman–Crippen LogP) is 5.21. The number of halogens is 1. The second-order valence-electron chi connectivity index (χ2n) is 9.08. The zero-order chi connectivity index (χ0) is 22.8. The molecule has 33 heavy (non-hydrogen) atoms. The minimum Gasteiger partial charge on any atom is -0.367 e. The molecule has 1 unspecified atom stereocenters. The molecule has 1 amide bonds. The molecule has 3 aromatic rings. The minimum atomic E-state index is -0.0185. The van der Waals surface area contributed by atoms with Crippen molar-refractivity contribution >= 4 is 29.0 Å². The third-order valence-electron chi connectivity index (χ3n) is 6.66. The Labute approximate surface area is 200 Å². The summed E-state index contributed by atoms with van der Waals surface area (Å²) in [5, 5.41) is 6.86. The molecular formula is C27H29ClN4O. The van der Waals surface area contributed by atoms with Crippen LogP contribution in [0, 0.1) is 12.8 Å². The number of fused-ring (bicyclic) bond motifs is 1. The third kappa shape index (κ3) is 4.90. The highest BCUT2D eigenvalue weighted by atomic mass is 35.5. The van der Waals surface area contributed by atoms with Gasteiger partial charge in [-0.05, 0) is 61.6 Å². The van der Waals surface area contributed by atoms with E-state index in [-0.39, 0.29) is 11.8 Å². The topological polar surface area (TPSA) is 57.3 Å². The number of rotatable bonds is 5. The van der Waals surface area contributed by atoms with Gasteiger partial charge in [0.25, 0.3) is 0 Å². The van der Waals surface area contributed by atoms with Crippen LogP contribution in [0.25, 0.3) is 11.1 Å². The van der Waals surface area contributed by atoms with E-state index in [1.165, 1.54) is 22.4 Å². The fourth-order valence-corrected chi connectivity index (χ4v) is 4.94. The number of amides is 1. The fraction of sp³-hybridized carbons (Fsp3) is 0.333. The molecule has 1 fully saturated rings. The van der Waals surface area contributed by atoms with Crippen molar-refractivity contribution in [2.24, 2.45) is 5.92 Å². The number of hydrogen-bond donors (Lipinski definition) is 2. The highest BCUT2D eigenvalue weighted by Gasteiger charge is 2.23. The van der Waals surface area contributed by atoms with Gasteiger partial charge in [-0.3, -0.25) is 4.79 Å². The number of pyridine rings is 1. The van der Waals surface area contributed by atoms with Crippen molar-refractivity contribution in [2.45, 2.75) is 32.7 Å². The average molecular weight is 461 g/mol. The Morgan fingerprint density at radius 2 is 2.06 bits per heavy atom. The van der Waals surface area contributed by atoms with Gasteiger partial charge >= 0.3 is 0 Å². The van der Waals surface area contributed by atoms with Crippen molar-refractivity contribution < 1.29 is 4.79 Å². The molecule has 5 rings (SSSR count). The Bertz CT molecular complexity index is 1160. The molecule has 6 heteroatoms. The van der Waals surface area contributed by atoms with Gasteiger partial charge in [-0.1, -0.05) is 53.6 Å². The molecule has 0 spiro atoms. The summed E-state index contributed by atoms with van der Waals surface area (Å²) in [4.78, 5) is 19.4. The molecule has 0 aliphatic carbocycles. The van der Waals surface area contributed by atoms with E-state index in [0.717, 1.165) is 50.0 Å². The predicted molar refractivity (Wildman–Crippen MR) is 135 cm³/mol. The highest BCUT2D eigenvalue weighted by Crippen LogP contribution is 2.36. The van der Waals surface area contributed by atoms with E-state index in [0.29, 0.717) is 17.4 Å². The van der Waals surface area contributed by atoms with Crippen molar-refractivity contribution in [1.29, 1.82) is 0 Å². The molecule has 2 aliphatic heterocycles. The number of piperidine rings is 1. The summed E-state index contributed by atoms with van der Waals surface area (Å²) in [5.74, 6) is 0.540. The summed E-state index contributed by atoms with van der Waals surface area (Å²) in [6.45, 7) is 5.70. The lowest BCUT2D eigenvalue weighted by Crippen LogP contribution is -2.37. The number of carbonyl (C=O) groups is 1. The number of benzene rings is 2. The fourth-order valence-electron chi connectivity index (χ4n) is 4.72. The van der Waals surface area contributed by atoms with Gasteiger partial charge in [0.05, 0.1) is 10.9 Å². The first-order valence-electron chi connectivity index (χ1n) is 11.7. The van der Waals surface area contributed by atoms with Crippen LogP contribution < -0.4 is 15.5 Å². The minimum absolute atomic E-state index is 0.0150. The van der Waals surface area contributed by atoms with Crippen LogP contribution in [0.5, 0.6) is 0 Å². The number of aromatic nitrogens is 1. The van der Waals surface area contributed by atoms with E-state index >= 15 is 0 Å². The molecule has 2 N–H and O–H groups in total. The van der Waals surface area contributed by atoms with E-state index in [1.807, 2.05) is 6.07 Å². The SMILES string of the molecule is Cc1ccc(CN2CCc3ccc(-c4cc(NC(=O)C5CCCNC5)ncc4Cl)cc32)cc1. The van der Waals surface area contributed by atoms with Gasteiger partial charge < -0.3 is 15.5 Å². The quantitative estimate of drug-likeness (QED) is 0.548. The Hall–Kier alpha value is -2.89. The van der Waals surface area contributed by atoms with Crippen LogP contribution in [-0.2, 0) is 17.8 Å². The maximum absolute atomic E-state index is 12.7. The van der Waals surface area contributed by atoms with E-state index in [2.05, 4.69) is 69.9 Å². The number of anilines is 2. The summed E-state index contributed by atoms with van der Waals surface area (Å²) < 4.78 is 0. The number of carbonyl (C=O) groups excluding carboxylic acids is 1. The lowest BCUT2D eigenvalue weighted by molar-refractivity contribution is -0.120. The average Bonchev–Trinajstić information content (AvgIpc) is 3.24. The van der Waals surface area contributed by atoms with Crippen LogP contribution in [0.4, 0.5) is 11.5 Å². The van der Waals surface area contributed by atoms with Gasteiger partial charge in [-0.25, -0.2) is 4.98 Å². The molecule has 0 radical (unpaired) electrons. The van der Waals surface area contributed by atoms with E-state index in [9.17, 15) is 4.79 Å². The Morgan fingerprint density at radius 1 is 1.21 bits per heavy atom. The standard InChI is InChI=1S/C27H29ClN4O/c1-18-4-6-19(7-5-18)17-32-12-10-20-8-9-21(13-25(20)32)23-14-26(30-16-24(23)28)31-27(33)22-3-2-11-29-15-22/h4-9,13-14,16,22,29H,2-3,10-12,15,17H2,1H3,(H,30,31,33). The molecule has 2 aliphatic rings. The summed E-state index contributed by atoms with van der Waals surface area (Å²) in [7, 11) is 0. The zero-order valence-corrected chi connectivity index (χ0v) is 19.7. The molecule has 2 aromatic carbocycles. The van der Waals surface area contributed by atoms with Crippen LogP contribution in [-0.4, -0.2) is 30.5 Å². The molecule has 1 aromatic heterocycles. The lowest BCUT2D eigenvalue weighted by Gasteiger charge is -2.22. The van der Waals surface area contributed by atoms with Crippen molar-refractivity contribution in [3.8, 4) is 11.1 Å². The maximum atomic E-state index is 12.7. The van der Waals surface area contributed by atoms with Crippen LogP contribution in [0.15, 0.2) is 54.7 Å². The molecule has 1 atom stereocenters. The Morgan fingerprint density at radius 3 is 2.85 bits per heavy atom. The van der Waals surface area contributed by atoms with Gasteiger partial charge in [-0.2, -0.15) is 0 Å². The summed E-state index contributed by atoms with van der Waals surface area (Å²) in [6, 6.07) is 17.2. The van der Waals surface area contributed by atoms with Crippen LogP contribution >= 0.6 is 11.6 Å². The summed E-state index contributed by atoms with van der Waals surface area (Å²) in [5.41, 5.74) is 7.11. The van der Waals surface area contributed by atoms with Gasteiger partial charge in [0.15, 0.2) is 0 Å². The molecule has 1 saturated heterocycles. The molecule has 3 heterocycles. The van der Waals surface area contributed by atoms with Crippen molar-refractivity contribution in [2.75, 3.05) is 29.9 Å². The first-order valence-corrected chi connectivity index (χ1v) is 12.1. The van der Waals surface area contributed by atoms with Gasteiger partial charge in [0.2, 0.25) is 5.91 Å². The smallest absolute Gasteiger partial charge is 0.229 e. The number of hydrogen-bond acceptors (Lipinski definition) is 4. The first-order chi connectivity index (χ1) is 16.1. The van der Waals surface area contributed by atoms with Crippen LogP contribution in [0.3, 0.4) is 0 Å². The van der Waals surface area contributed by atoms with Gasteiger partial charge in [-0.15, -0.1) is 0 Å². The van der Waals surface area contributed by atoms with E-state index in [4.69, 9.17) is 11.6 Å². The molecule has 5 nitrogen and oxygen atoms in total. The largest absolute Gasteiger partial charge is 0.367 e. The van der Waals surface area contributed by atoms with E-state index < -0.39 is 0 Å². The Balaban J connectivity index is 1.37. The lowest BCUT2D eigenvalue weighted by atomic mass is 9.99.